The average Bonchev–Trinajstić information content (AvgIpc) is 3.25. The highest BCUT2D eigenvalue weighted by atomic mass is 127. The second-order valence-electron chi connectivity index (χ2n) is 7.22. The Bertz CT molecular complexity index is 732. The number of imidazole rings is 1. The molecule has 7 nitrogen and oxygen atoms in total. The highest BCUT2D eigenvalue weighted by Crippen LogP contribution is 2.16. The van der Waals surface area contributed by atoms with E-state index in [-0.39, 0.29) is 24.0 Å². The molecule has 0 unspecified atom stereocenters. The van der Waals surface area contributed by atoms with Crippen LogP contribution in [0.5, 0.6) is 0 Å². The van der Waals surface area contributed by atoms with Gasteiger partial charge >= 0.3 is 0 Å². The Morgan fingerprint density at radius 1 is 1.23 bits per heavy atom. The third-order valence-corrected chi connectivity index (χ3v) is 4.90. The summed E-state index contributed by atoms with van der Waals surface area (Å²) in [5.41, 5.74) is 2.14. The van der Waals surface area contributed by atoms with Crippen molar-refractivity contribution in [3.63, 3.8) is 0 Å². The first-order valence-electron chi connectivity index (χ1n) is 10.6. The lowest BCUT2D eigenvalue weighted by molar-refractivity contribution is 0.0203. The predicted octanol–water partition coefficient (Wildman–Crippen LogP) is 3.58. The minimum absolute atomic E-state index is 0. The Kier molecular flexibility index (Phi) is 11.8. The molecule has 0 saturated carbocycles. The molecule has 1 aliphatic heterocycles. The number of benzene rings is 1. The van der Waals surface area contributed by atoms with Crippen molar-refractivity contribution in [2.75, 3.05) is 39.5 Å². The number of aromatic nitrogens is 2. The van der Waals surface area contributed by atoms with Crippen molar-refractivity contribution in [2.45, 2.75) is 32.7 Å². The van der Waals surface area contributed by atoms with Gasteiger partial charge in [0.25, 0.3) is 0 Å². The van der Waals surface area contributed by atoms with Crippen LogP contribution in [0.4, 0.5) is 0 Å². The molecule has 0 spiro atoms. The number of aromatic amines is 1. The second kappa shape index (κ2) is 14.4. The number of H-pyrrole nitrogens is 1. The number of rotatable bonds is 10. The maximum atomic E-state index is 5.82. The van der Waals surface area contributed by atoms with E-state index >= 15 is 0 Å². The molecule has 8 heteroatoms. The van der Waals surface area contributed by atoms with Crippen molar-refractivity contribution in [2.24, 2.45) is 10.9 Å². The lowest BCUT2D eigenvalue weighted by atomic mass is 10.0. The number of aliphatic imine (C=N–C) groups is 1. The summed E-state index contributed by atoms with van der Waals surface area (Å²) in [6.07, 6.45) is 5.05. The molecule has 166 valence electrons. The summed E-state index contributed by atoms with van der Waals surface area (Å²) in [7, 11) is 0. The van der Waals surface area contributed by atoms with E-state index in [1.807, 2.05) is 24.4 Å². The largest absolute Gasteiger partial charge is 0.381 e. The van der Waals surface area contributed by atoms with Gasteiger partial charge in [-0.25, -0.2) is 9.98 Å². The average molecular weight is 527 g/mol. The number of ether oxygens (including phenoxy) is 2. The second-order valence-corrected chi connectivity index (χ2v) is 7.22. The molecule has 1 fully saturated rings. The number of guanidine groups is 1. The zero-order valence-electron chi connectivity index (χ0n) is 17.7. The van der Waals surface area contributed by atoms with Crippen LogP contribution in [0.1, 0.15) is 32.0 Å². The summed E-state index contributed by atoms with van der Waals surface area (Å²) in [4.78, 5) is 12.4. The first-order chi connectivity index (χ1) is 14.3. The minimum Gasteiger partial charge on any atom is -0.381 e. The van der Waals surface area contributed by atoms with E-state index in [1.165, 1.54) is 0 Å². The Hall–Kier alpha value is -1.65. The van der Waals surface area contributed by atoms with E-state index in [9.17, 15) is 0 Å². The smallest absolute Gasteiger partial charge is 0.191 e. The molecule has 2 heterocycles. The monoisotopic (exact) mass is 527 g/mol. The number of halogens is 1. The van der Waals surface area contributed by atoms with Crippen molar-refractivity contribution in [3.05, 3.63) is 42.4 Å². The third-order valence-electron chi connectivity index (χ3n) is 4.90. The highest BCUT2D eigenvalue weighted by molar-refractivity contribution is 14.0. The van der Waals surface area contributed by atoms with E-state index < -0.39 is 0 Å². The molecule has 1 aliphatic rings. The molecule has 1 saturated heterocycles. The quantitative estimate of drug-likeness (QED) is 0.191. The van der Waals surface area contributed by atoms with Crippen LogP contribution in [-0.2, 0) is 16.0 Å². The van der Waals surface area contributed by atoms with Crippen molar-refractivity contribution in [3.8, 4) is 11.3 Å². The van der Waals surface area contributed by atoms with Gasteiger partial charge in [-0.1, -0.05) is 30.3 Å². The third kappa shape index (κ3) is 8.61. The zero-order chi connectivity index (χ0) is 20.2. The highest BCUT2D eigenvalue weighted by Gasteiger charge is 2.13. The van der Waals surface area contributed by atoms with E-state index in [0.717, 1.165) is 81.8 Å². The molecule has 0 bridgehead atoms. The molecule has 0 amide bonds. The summed E-state index contributed by atoms with van der Waals surface area (Å²) >= 11 is 0. The van der Waals surface area contributed by atoms with Gasteiger partial charge in [-0.15, -0.1) is 24.0 Å². The van der Waals surface area contributed by atoms with E-state index in [1.54, 1.807) is 0 Å². The standard InChI is InChI=1S/C22H33N5O2.HI/c1-2-23-22(24-11-6-12-29-17-18-9-13-28-14-10-18)26-16-21-25-15-20(27-21)19-7-4-3-5-8-19;/h3-5,7-8,15,18H,2,6,9-14,16-17H2,1H3,(H,25,27)(H2,23,24,26);1H. The summed E-state index contributed by atoms with van der Waals surface area (Å²) in [6.45, 7) is 7.58. The van der Waals surface area contributed by atoms with Crippen molar-refractivity contribution in [1.82, 2.24) is 20.6 Å². The maximum Gasteiger partial charge on any atom is 0.191 e. The maximum absolute atomic E-state index is 5.82. The summed E-state index contributed by atoms with van der Waals surface area (Å²) in [6, 6.07) is 10.2. The van der Waals surface area contributed by atoms with Gasteiger partial charge in [-0.2, -0.15) is 0 Å². The van der Waals surface area contributed by atoms with Gasteiger partial charge < -0.3 is 25.1 Å². The first kappa shape index (κ1) is 24.6. The van der Waals surface area contributed by atoms with E-state index in [0.29, 0.717) is 12.5 Å². The van der Waals surface area contributed by atoms with E-state index in [2.05, 4.69) is 44.7 Å². The lowest BCUT2D eigenvalue weighted by Crippen LogP contribution is -2.38. The molecular formula is C22H34IN5O2. The first-order valence-corrected chi connectivity index (χ1v) is 10.6. The lowest BCUT2D eigenvalue weighted by Gasteiger charge is -2.21. The number of nitrogens with one attached hydrogen (secondary N) is 3. The zero-order valence-corrected chi connectivity index (χ0v) is 20.1. The van der Waals surface area contributed by atoms with Crippen LogP contribution < -0.4 is 10.6 Å². The molecule has 0 aliphatic carbocycles. The van der Waals surface area contributed by atoms with E-state index in [4.69, 9.17) is 9.47 Å². The number of hydrogen-bond donors (Lipinski definition) is 3. The van der Waals surface area contributed by atoms with Crippen molar-refractivity contribution >= 4 is 29.9 Å². The van der Waals surface area contributed by atoms with Crippen LogP contribution in [0.3, 0.4) is 0 Å². The summed E-state index contributed by atoms with van der Waals surface area (Å²) in [5, 5.41) is 6.64. The van der Waals surface area contributed by atoms with Gasteiger partial charge in [0, 0.05) is 39.5 Å². The Labute approximate surface area is 196 Å². The minimum atomic E-state index is 0. The van der Waals surface area contributed by atoms with Crippen LogP contribution in [0.15, 0.2) is 41.5 Å². The Balaban J connectivity index is 0.00000320. The number of hydrogen-bond acceptors (Lipinski definition) is 4. The summed E-state index contributed by atoms with van der Waals surface area (Å²) < 4.78 is 11.2. The fraction of sp³-hybridized carbons (Fsp3) is 0.545. The van der Waals surface area contributed by atoms with Crippen LogP contribution in [0.25, 0.3) is 11.3 Å². The molecule has 0 atom stereocenters. The van der Waals surface area contributed by atoms with Crippen LogP contribution >= 0.6 is 24.0 Å². The van der Waals surface area contributed by atoms with Gasteiger partial charge in [0.05, 0.1) is 11.9 Å². The normalized spacial score (nSPS) is 14.9. The molecule has 3 rings (SSSR count). The van der Waals surface area contributed by atoms with Gasteiger partial charge in [-0.05, 0) is 37.7 Å². The fourth-order valence-electron chi connectivity index (χ4n) is 3.25. The molecule has 3 N–H and O–H groups in total. The van der Waals surface area contributed by atoms with Crippen LogP contribution in [0.2, 0.25) is 0 Å². The fourth-order valence-corrected chi connectivity index (χ4v) is 3.25. The molecule has 30 heavy (non-hydrogen) atoms. The molecule has 1 aromatic heterocycles. The molecular weight excluding hydrogens is 493 g/mol. The number of nitrogens with zero attached hydrogens (tertiary/aromatic N) is 2. The van der Waals surface area contributed by atoms with Gasteiger partial charge in [0.2, 0.25) is 0 Å². The Morgan fingerprint density at radius 2 is 2.03 bits per heavy atom. The molecule has 0 radical (unpaired) electrons. The summed E-state index contributed by atoms with van der Waals surface area (Å²) in [5.74, 6) is 2.31. The molecule has 2 aromatic rings. The van der Waals surface area contributed by atoms with Crippen LogP contribution in [0, 0.1) is 5.92 Å². The van der Waals surface area contributed by atoms with Crippen LogP contribution in [-0.4, -0.2) is 55.4 Å². The van der Waals surface area contributed by atoms with Gasteiger partial charge in [0.1, 0.15) is 12.4 Å². The predicted molar refractivity (Wildman–Crippen MR) is 131 cm³/mol. The van der Waals surface area contributed by atoms with Gasteiger partial charge in [-0.3, -0.25) is 0 Å². The van der Waals surface area contributed by atoms with Crippen molar-refractivity contribution < 1.29 is 9.47 Å². The molecule has 1 aromatic carbocycles. The topological polar surface area (TPSA) is 83.6 Å². The SMILES string of the molecule is CCNC(=NCc1ncc(-c2ccccc2)[nH]1)NCCCOCC1CCOCC1.I. The Morgan fingerprint density at radius 3 is 2.80 bits per heavy atom. The van der Waals surface area contributed by atoms with Crippen molar-refractivity contribution in [1.29, 1.82) is 0 Å². The van der Waals surface area contributed by atoms with Gasteiger partial charge in [0.15, 0.2) is 5.96 Å².